The number of hydrogen-bond acceptors (Lipinski definition) is 2. The van der Waals surface area contributed by atoms with Crippen LogP contribution in [0.5, 0.6) is 0 Å². The number of fused-ring (bicyclic) bond motifs is 6. The Kier molecular flexibility index (Phi) is 2.88. The van der Waals surface area contributed by atoms with Crippen molar-refractivity contribution in [3.63, 3.8) is 0 Å². The molecule has 6 heteroatoms. The van der Waals surface area contributed by atoms with Gasteiger partial charge in [-0.1, -0.05) is 35.5 Å². The largest absolute Gasteiger partial charge is 0.312 e. The summed E-state index contributed by atoms with van der Waals surface area (Å²) in [5.74, 6) is -1.24. The second-order valence-corrected chi connectivity index (χ2v) is 5.98. The molecule has 0 aliphatic rings. The molecule has 3 heterocycles. The Morgan fingerprint density at radius 3 is 2.60 bits per heavy atom. The van der Waals surface area contributed by atoms with Crippen LogP contribution in [0.2, 0.25) is 0 Å². The lowest BCUT2D eigenvalue weighted by Crippen LogP contribution is -2.03. The van der Waals surface area contributed by atoms with Crippen molar-refractivity contribution < 1.29 is 8.78 Å². The molecule has 0 amide bonds. The highest BCUT2D eigenvalue weighted by molar-refractivity contribution is 6.09. The van der Waals surface area contributed by atoms with Gasteiger partial charge in [0.1, 0.15) is 16.9 Å². The topological polar surface area (TPSA) is 35.1 Å². The number of rotatable bonds is 2. The quantitative estimate of drug-likeness (QED) is 0.486. The first-order valence-electron chi connectivity index (χ1n) is 7.87. The predicted molar refractivity (Wildman–Crippen MR) is 91.4 cm³/mol. The molecule has 0 unspecified atom stereocenters. The second kappa shape index (κ2) is 5.11. The molecule has 0 aliphatic heterocycles. The maximum Gasteiger partial charge on any atom is 0.150 e. The molecule has 122 valence electrons. The lowest BCUT2D eigenvalue weighted by molar-refractivity contribution is 0.590. The van der Waals surface area contributed by atoms with Crippen LogP contribution in [0.15, 0.2) is 60.8 Å². The van der Waals surface area contributed by atoms with Crippen LogP contribution in [0.25, 0.3) is 27.5 Å². The van der Waals surface area contributed by atoms with Crippen LogP contribution >= 0.6 is 0 Å². The molecule has 5 rings (SSSR count). The van der Waals surface area contributed by atoms with Gasteiger partial charge in [-0.2, -0.15) is 0 Å². The number of hydrogen-bond donors (Lipinski definition) is 0. The summed E-state index contributed by atoms with van der Waals surface area (Å²) in [6.45, 7) is 0.529. The van der Waals surface area contributed by atoms with E-state index in [9.17, 15) is 8.78 Å². The summed E-state index contributed by atoms with van der Waals surface area (Å²) in [6.07, 6.45) is 1.76. The van der Waals surface area contributed by atoms with Gasteiger partial charge in [-0.15, -0.1) is 5.10 Å². The van der Waals surface area contributed by atoms with Gasteiger partial charge in [0.25, 0.3) is 0 Å². The maximum absolute atomic E-state index is 14.4. The summed E-state index contributed by atoms with van der Waals surface area (Å²) in [5.41, 5.74) is 3.42. The fourth-order valence-electron chi connectivity index (χ4n) is 3.38. The molecule has 0 fully saturated rings. The van der Waals surface area contributed by atoms with E-state index in [1.807, 2.05) is 42.5 Å². The van der Waals surface area contributed by atoms with E-state index in [1.54, 1.807) is 15.3 Å². The number of nitrogens with zero attached hydrogens (tertiary/aromatic N) is 4. The standard InChI is InChI=1S/C19H12F2N4/c20-13-9-14-17-19(16-7-4-8-24(16)18(14)15(21)10-13)25(23-22-17)11-12-5-2-1-3-6-12/h1-10H,11H2. The molecule has 5 aromatic rings. The summed E-state index contributed by atoms with van der Waals surface area (Å²) in [4.78, 5) is 0. The summed E-state index contributed by atoms with van der Waals surface area (Å²) in [7, 11) is 0. The first-order valence-corrected chi connectivity index (χ1v) is 7.87. The molecule has 3 aromatic heterocycles. The fourth-order valence-corrected chi connectivity index (χ4v) is 3.38. The van der Waals surface area contributed by atoms with Crippen LogP contribution in [-0.4, -0.2) is 19.4 Å². The molecule has 2 aromatic carbocycles. The van der Waals surface area contributed by atoms with Crippen LogP contribution in [0.1, 0.15) is 5.56 Å². The molecular formula is C19H12F2N4. The van der Waals surface area contributed by atoms with Crippen LogP contribution in [0.3, 0.4) is 0 Å². The Hall–Kier alpha value is -3.28. The van der Waals surface area contributed by atoms with Crippen molar-refractivity contribution in [2.75, 3.05) is 0 Å². The molecule has 0 atom stereocenters. The summed E-state index contributed by atoms with van der Waals surface area (Å²) >= 11 is 0. The lowest BCUT2D eigenvalue weighted by Gasteiger charge is -2.08. The minimum absolute atomic E-state index is 0.306. The Balaban J connectivity index is 1.89. The molecule has 0 radical (unpaired) electrons. The third kappa shape index (κ3) is 2.04. The van der Waals surface area contributed by atoms with E-state index in [0.29, 0.717) is 23.0 Å². The average Bonchev–Trinajstić information content (AvgIpc) is 3.22. The Morgan fingerprint density at radius 1 is 0.920 bits per heavy atom. The van der Waals surface area contributed by atoms with Crippen molar-refractivity contribution in [1.82, 2.24) is 19.4 Å². The highest BCUT2D eigenvalue weighted by Gasteiger charge is 2.18. The number of aromatic nitrogens is 4. The third-order valence-corrected chi connectivity index (χ3v) is 4.43. The van der Waals surface area contributed by atoms with E-state index < -0.39 is 11.6 Å². The van der Waals surface area contributed by atoms with Crippen LogP contribution in [-0.2, 0) is 6.54 Å². The van der Waals surface area contributed by atoms with Gasteiger partial charge in [-0.25, -0.2) is 13.5 Å². The van der Waals surface area contributed by atoms with Crippen molar-refractivity contribution in [3.8, 4) is 0 Å². The molecule has 0 spiro atoms. The number of benzene rings is 2. The molecule has 0 bridgehead atoms. The number of halogens is 2. The van der Waals surface area contributed by atoms with Gasteiger partial charge in [0.2, 0.25) is 0 Å². The van der Waals surface area contributed by atoms with Gasteiger partial charge in [0.15, 0.2) is 5.82 Å². The monoisotopic (exact) mass is 334 g/mol. The van der Waals surface area contributed by atoms with Gasteiger partial charge >= 0.3 is 0 Å². The first kappa shape index (κ1) is 14.1. The SMILES string of the molecule is Fc1cc(F)c2c(c1)c1nnn(Cc3ccccc3)c1c1cccn12. The zero-order chi connectivity index (χ0) is 17.0. The van der Waals surface area contributed by atoms with E-state index in [2.05, 4.69) is 10.3 Å². The van der Waals surface area contributed by atoms with Crippen LogP contribution in [0, 0.1) is 11.6 Å². The minimum atomic E-state index is -0.629. The highest BCUT2D eigenvalue weighted by atomic mass is 19.1. The van der Waals surface area contributed by atoms with Gasteiger partial charge in [0.05, 0.1) is 17.6 Å². The Bertz CT molecular complexity index is 1240. The Morgan fingerprint density at radius 2 is 1.76 bits per heavy atom. The van der Waals surface area contributed by atoms with Gasteiger partial charge in [-0.3, -0.25) is 0 Å². The number of pyridine rings is 1. The highest BCUT2D eigenvalue weighted by Crippen LogP contribution is 2.31. The molecule has 0 aliphatic carbocycles. The van der Waals surface area contributed by atoms with E-state index >= 15 is 0 Å². The van der Waals surface area contributed by atoms with Crippen LogP contribution < -0.4 is 0 Å². The lowest BCUT2D eigenvalue weighted by atomic mass is 10.1. The third-order valence-electron chi connectivity index (χ3n) is 4.43. The molecular weight excluding hydrogens is 322 g/mol. The molecule has 4 nitrogen and oxygen atoms in total. The van der Waals surface area contributed by atoms with E-state index in [4.69, 9.17) is 0 Å². The van der Waals surface area contributed by atoms with E-state index in [1.165, 1.54) is 6.07 Å². The van der Waals surface area contributed by atoms with Gasteiger partial charge in [0, 0.05) is 17.6 Å². The van der Waals surface area contributed by atoms with Crippen molar-refractivity contribution in [2.45, 2.75) is 6.54 Å². The normalized spacial score (nSPS) is 11.8. The minimum Gasteiger partial charge on any atom is -0.312 e. The second-order valence-electron chi connectivity index (χ2n) is 5.98. The molecule has 0 saturated heterocycles. The zero-order valence-electron chi connectivity index (χ0n) is 13.0. The Labute approximate surface area is 140 Å². The smallest absolute Gasteiger partial charge is 0.150 e. The van der Waals surface area contributed by atoms with E-state index in [0.717, 1.165) is 22.7 Å². The van der Waals surface area contributed by atoms with Crippen molar-refractivity contribution in [2.24, 2.45) is 0 Å². The molecule has 25 heavy (non-hydrogen) atoms. The molecule has 0 N–H and O–H groups in total. The fraction of sp³-hybridized carbons (Fsp3) is 0.0526. The predicted octanol–water partition coefficient (Wildman–Crippen LogP) is 4.16. The van der Waals surface area contributed by atoms with Gasteiger partial charge < -0.3 is 4.40 Å². The van der Waals surface area contributed by atoms with E-state index in [-0.39, 0.29) is 0 Å². The first-order chi connectivity index (χ1) is 12.2. The van der Waals surface area contributed by atoms with Crippen molar-refractivity contribution >= 4 is 27.5 Å². The summed E-state index contributed by atoms with van der Waals surface area (Å²) in [6, 6.07) is 15.8. The average molecular weight is 334 g/mol. The van der Waals surface area contributed by atoms with Crippen molar-refractivity contribution in [1.29, 1.82) is 0 Å². The maximum atomic E-state index is 14.4. The zero-order valence-corrected chi connectivity index (χ0v) is 13.0. The summed E-state index contributed by atoms with van der Waals surface area (Å²) < 4.78 is 31.7. The van der Waals surface area contributed by atoms with Gasteiger partial charge in [-0.05, 0) is 23.8 Å². The summed E-state index contributed by atoms with van der Waals surface area (Å²) in [5, 5.41) is 8.87. The van der Waals surface area contributed by atoms with Crippen molar-refractivity contribution in [3.05, 3.63) is 78.0 Å². The van der Waals surface area contributed by atoms with Crippen LogP contribution in [0.4, 0.5) is 8.78 Å². The molecule has 0 saturated carbocycles.